The van der Waals surface area contributed by atoms with E-state index in [1.54, 1.807) is 0 Å². The van der Waals surface area contributed by atoms with Gasteiger partial charge in [-0.25, -0.2) is 0 Å². The Hall–Kier alpha value is -2.95. The molecule has 3 aromatic carbocycles. The summed E-state index contributed by atoms with van der Waals surface area (Å²) < 4.78 is 5.98. The maximum atomic E-state index is 12.6. The highest BCUT2D eigenvalue weighted by Crippen LogP contribution is 2.38. The Morgan fingerprint density at radius 1 is 0.833 bits per heavy atom. The Balaban J connectivity index is 1.82. The summed E-state index contributed by atoms with van der Waals surface area (Å²) >= 11 is 0. The molecule has 4 rings (SSSR count). The van der Waals surface area contributed by atoms with Gasteiger partial charge in [0.2, 0.25) is 5.91 Å². The summed E-state index contributed by atoms with van der Waals surface area (Å²) in [5.41, 5.74) is 2.53. The SMILES string of the molecule is CC(C)CO[C@@H]1NC(=O)[C@H]1NC(c1ccccc1)(c1ccccc1)c1ccccc1. The van der Waals surface area contributed by atoms with Crippen LogP contribution in [-0.4, -0.2) is 24.8 Å². The van der Waals surface area contributed by atoms with Crippen LogP contribution >= 0.6 is 0 Å². The van der Waals surface area contributed by atoms with Crippen molar-refractivity contribution in [3.8, 4) is 0 Å². The number of carbonyl (C=O) groups is 1. The lowest BCUT2D eigenvalue weighted by molar-refractivity contribution is -0.149. The molecule has 154 valence electrons. The highest BCUT2D eigenvalue weighted by atomic mass is 16.5. The van der Waals surface area contributed by atoms with Crippen molar-refractivity contribution in [1.82, 2.24) is 10.6 Å². The van der Waals surface area contributed by atoms with E-state index >= 15 is 0 Å². The zero-order chi connectivity index (χ0) is 21.0. The molecule has 0 saturated carbocycles. The average Bonchev–Trinajstić information content (AvgIpc) is 2.79. The molecule has 2 atom stereocenters. The van der Waals surface area contributed by atoms with Crippen molar-refractivity contribution >= 4 is 5.91 Å². The molecule has 4 heteroatoms. The molecule has 1 aliphatic heterocycles. The van der Waals surface area contributed by atoms with E-state index in [0.29, 0.717) is 12.5 Å². The number of β-lactam (4-membered cyclic amide) rings is 1. The molecule has 1 heterocycles. The first-order chi connectivity index (χ1) is 14.6. The van der Waals surface area contributed by atoms with Crippen LogP contribution < -0.4 is 10.6 Å². The molecule has 2 N–H and O–H groups in total. The van der Waals surface area contributed by atoms with E-state index in [9.17, 15) is 4.79 Å². The maximum Gasteiger partial charge on any atom is 0.243 e. The fraction of sp³-hybridized carbons (Fsp3) is 0.269. The quantitative estimate of drug-likeness (QED) is 0.443. The number of amides is 1. The Labute approximate surface area is 178 Å². The molecular formula is C26H28N2O2. The van der Waals surface area contributed by atoms with Crippen LogP contribution in [0.4, 0.5) is 0 Å². The number of nitrogens with one attached hydrogen (secondary N) is 2. The second-order valence-electron chi connectivity index (χ2n) is 8.13. The predicted molar refractivity (Wildman–Crippen MR) is 119 cm³/mol. The Morgan fingerprint density at radius 3 is 1.63 bits per heavy atom. The number of rotatable bonds is 8. The zero-order valence-electron chi connectivity index (χ0n) is 17.4. The lowest BCUT2D eigenvalue weighted by Gasteiger charge is -2.45. The predicted octanol–water partition coefficient (Wildman–Crippen LogP) is 4.07. The molecule has 3 aromatic rings. The largest absolute Gasteiger partial charge is 0.356 e. The molecule has 1 amide bonds. The van der Waals surface area contributed by atoms with E-state index in [1.165, 1.54) is 0 Å². The van der Waals surface area contributed by atoms with E-state index < -0.39 is 11.6 Å². The fourth-order valence-corrected chi connectivity index (χ4v) is 3.98. The third-order valence-corrected chi connectivity index (χ3v) is 5.47. The molecule has 30 heavy (non-hydrogen) atoms. The van der Waals surface area contributed by atoms with Crippen LogP contribution in [0.3, 0.4) is 0 Å². The normalized spacial score (nSPS) is 18.7. The van der Waals surface area contributed by atoms with E-state index in [2.05, 4.69) is 60.9 Å². The first-order valence-corrected chi connectivity index (χ1v) is 10.5. The lowest BCUT2D eigenvalue weighted by Crippen LogP contribution is -2.72. The van der Waals surface area contributed by atoms with Gasteiger partial charge in [0, 0.05) is 0 Å². The van der Waals surface area contributed by atoms with Crippen LogP contribution in [0.2, 0.25) is 0 Å². The summed E-state index contributed by atoms with van der Waals surface area (Å²) in [6.07, 6.45) is -0.351. The minimum atomic E-state index is -0.689. The molecule has 1 aliphatic rings. The average molecular weight is 401 g/mol. The lowest BCUT2D eigenvalue weighted by atomic mass is 9.76. The third kappa shape index (κ3) is 3.89. The van der Waals surface area contributed by atoms with Gasteiger partial charge in [-0.3, -0.25) is 10.1 Å². The number of carbonyl (C=O) groups excluding carboxylic acids is 1. The topological polar surface area (TPSA) is 50.4 Å². The van der Waals surface area contributed by atoms with Crippen LogP contribution in [0.1, 0.15) is 30.5 Å². The summed E-state index contributed by atoms with van der Waals surface area (Å²) in [6, 6.07) is 30.4. The van der Waals surface area contributed by atoms with Crippen molar-refractivity contribution in [2.24, 2.45) is 5.92 Å². The number of hydrogen-bond donors (Lipinski definition) is 2. The van der Waals surface area contributed by atoms with Crippen LogP contribution in [0.5, 0.6) is 0 Å². The van der Waals surface area contributed by atoms with Crippen LogP contribution in [-0.2, 0) is 15.1 Å². The Bertz CT molecular complexity index is 861. The summed E-state index contributed by atoms with van der Waals surface area (Å²) in [5.74, 6) is 0.348. The summed E-state index contributed by atoms with van der Waals surface area (Å²) in [4.78, 5) is 12.6. The van der Waals surface area contributed by atoms with Crippen molar-refractivity contribution in [1.29, 1.82) is 0 Å². The monoisotopic (exact) mass is 400 g/mol. The van der Waals surface area contributed by atoms with Gasteiger partial charge in [0.1, 0.15) is 6.04 Å². The van der Waals surface area contributed by atoms with Gasteiger partial charge < -0.3 is 10.1 Å². The standard InChI is InChI=1S/C26H28N2O2/c1-19(2)18-30-25-23(24(29)27-25)28-26(20-12-6-3-7-13-20,21-14-8-4-9-15-21)22-16-10-5-11-17-22/h3-17,19,23,25,28H,18H2,1-2H3,(H,27,29)/t23-,25+/m1/s1. The van der Waals surface area contributed by atoms with E-state index in [4.69, 9.17) is 4.74 Å². The van der Waals surface area contributed by atoms with Crippen molar-refractivity contribution in [2.75, 3.05) is 6.61 Å². The van der Waals surface area contributed by atoms with Gasteiger partial charge in [-0.2, -0.15) is 0 Å². The molecule has 4 nitrogen and oxygen atoms in total. The van der Waals surface area contributed by atoms with Gasteiger partial charge in [0.25, 0.3) is 0 Å². The molecule has 1 fully saturated rings. The van der Waals surface area contributed by atoms with Gasteiger partial charge in [-0.15, -0.1) is 0 Å². The van der Waals surface area contributed by atoms with Crippen LogP contribution in [0.25, 0.3) is 0 Å². The molecule has 0 aliphatic carbocycles. The van der Waals surface area contributed by atoms with E-state index in [1.807, 2.05) is 54.6 Å². The summed E-state index contributed by atoms with van der Waals surface area (Å²) in [7, 11) is 0. The molecule has 0 bridgehead atoms. The second-order valence-corrected chi connectivity index (χ2v) is 8.13. The van der Waals surface area contributed by atoms with E-state index in [-0.39, 0.29) is 12.1 Å². The number of benzene rings is 3. The summed E-state index contributed by atoms with van der Waals surface area (Å²) in [5, 5.41) is 6.60. The fourth-order valence-electron chi connectivity index (χ4n) is 3.98. The smallest absolute Gasteiger partial charge is 0.243 e. The second kappa shape index (κ2) is 8.82. The third-order valence-electron chi connectivity index (χ3n) is 5.47. The molecule has 1 saturated heterocycles. The van der Waals surface area contributed by atoms with Gasteiger partial charge in [0.05, 0.1) is 12.1 Å². The summed E-state index contributed by atoms with van der Waals surface area (Å²) in [6.45, 7) is 4.80. The van der Waals surface area contributed by atoms with Gasteiger partial charge in [-0.05, 0) is 22.6 Å². The zero-order valence-corrected chi connectivity index (χ0v) is 17.4. The van der Waals surface area contributed by atoms with Crippen LogP contribution in [0, 0.1) is 5.92 Å². The van der Waals surface area contributed by atoms with Gasteiger partial charge >= 0.3 is 0 Å². The molecule has 0 spiro atoms. The molecule has 0 unspecified atom stereocenters. The van der Waals surface area contributed by atoms with E-state index in [0.717, 1.165) is 16.7 Å². The maximum absolute atomic E-state index is 12.6. The molecule has 0 aromatic heterocycles. The van der Waals surface area contributed by atoms with Crippen LogP contribution in [0.15, 0.2) is 91.0 Å². The van der Waals surface area contributed by atoms with Crippen molar-refractivity contribution in [2.45, 2.75) is 31.7 Å². The van der Waals surface area contributed by atoms with Crippen molar-refractivity contribution < 1.29 is 9.53 Å². The molecular weight excluding hydrogens is 372 g/mol. The molecule has 0 radical (unpaired) electrons. The minimum Gasteiger partial charge on any atom is -0.356 e. The number of hydrogen-bond acceptors (Lipinski definition) is 3. The first kappa shape index (κ1) is 20.3. The van der Waals surface area contributed by atoms with Crippen molar-refractivity contribution in [3.05, 3.63) is 108 Å². The van der Waals surface area contributed by atoms with Crippen molar-refractivity contribution in [3.63, 3.8) is 0 Å². The Kier molecular flexibility index (Phi) is 5.98. The first-order valence-electron chi connectivity index (χ1n) is 10.5. The number of ether oxygens (including phenoxy) is 1. The highest BCUT2D eigenvalue weighted by molar-refractivity contribution is 5.89. The minimum absolute atomic E-state index is 0.0454. The van der Waals surface area contributed by atoms with Gasteiger partial charge in [-0.1, -0.05) is 105 Å². The Morgan fingerprint density at radius 2 is 1.27 bits per heavy atom. The van der Waals surface area contributed by atoms with Gasteiger partial charge in [0.15, 0.2) is 6.23 Å². The highest BCUT2D eigenvalue weighted by Gasteiger charge is 2.47.